The van der Waals surface area contributed by atoms with Crippen molar-refractivity contribution < 1.29 is 19.5 Å². The predicted molar refractivity (Wildman–Crippen MR) is 154 cm³/mol. The second-order valence-electron chi connectivity index (χ2n) is 11.3. The highest BCUT2D eigenvalue weighted by molar-refractivity contribution is 8.02. The van der Waals surface area contributed by atoms with Crippen LogP contribution in [0.5, 0.6) is 0 Å². The molecule has 2 unspecified atom stereocenters. The zero-order valence-electron chi connectivity index (χ0n) is 22.5. The van der Waals surface area contributed by atoms with Crippen molar-refractivity contribution in [1.29, 1.82) is 0 Å². The van der Waals surface area contributed by atoms with Crippen molar-refractivity contribution in [3.63, 3.8) is 0 Å². The van der Waals surface area contributed by atoms with Gasteiger partial charge in [-0.2, -0.15) is 0 Å². The molecule has 3 saturated heterocycles. The van der Waals surface area contributed by atoms with E-state index in [-0.39, 0.29) is 30.2 Å². The van der Waals surface area contributed by atoms with Gasteiger partial charge in [-0.3, -0.25) is 14.4 Å². The number of hydrogen-bond donors (Lipinski definition) is 3. The van der Waals surface area contributed by atoms with E-state index in [0.717, 1.165) is 18.4 Å². The standard InChI is InChI=1S/C30H36ClN3O4S/c1-4-18(2)22(17-35)34-25(27(37)33-21-12-10-20(31)11-13-21)30-15-14-29(3,39-30)23(24(30)28(34)38)26(36)32-16-19-8-6-5-7-9-19/h5-13,18,22-25,35H,4,14-17H2,1-3H3,(H,32,36)(H,33,37)/t18-,22-,23+,24-,25?,29-,30?/m0/s1. The normalized spacial score (nSPS) is 30.6. The van der Waals surface area contributed by atoms with Gasteiger partial charge in [-0.05, 0) is 55.5 Å². The molecule has 5 rings (SSSR count). The Balaban J connectivity index is 1.51. The monoisotopic (exact) mass is 569 g/mol. The van der Waals surface area contributed by atoms with Crippen LogP contribution in [0.3, 0.4) is 0 Å². The lowest BCUT2D eigenvalue weighted by atomic mass is 9.66. The molecule has 39 heavy (non-hydrogen) atoms. The number of likely N-dealkylation sites (tertiary alicyclic amines) is 1. The number of aliphatic hydroxyl groups excluding tert-OH is 1. The average molecular weight is 570 g/mol. The molecule has 3 fully saturated rings. The molecule has 2 aromatic carbocycles. The Morgan fingerprint density at radius 3 is 2.46 bits per heavy atom. The van der Waals surface area contributed by atoms with Gasteiger partial charge in [0.25, 0.3) is 0 Å². The van der Waals surface area contributed by atoms with Crippen LogP contribution in [0.25, 0.3) is 0 Å². The zero-order valence-corrected chi connectivity index (χ0v) is 24.1. The highest BCUT2D eigenvalue weighted by Gasteiger charge is 2.77. The number of anilines is 1. The maximum absolute atomic E-state index is 14.4. The molecule has 7 nitrogen and oxygen atoms in total. The molecule has 0 saturated carbocycles. The number of carbonyl (C=O) groups excluding carboxylic acids is 3. The number of thioether (sulfide) groups is 1. The summed E-state index contributed by atoms with van der Waals surface area (Å²) in [5, 5.41) is 17.1. The van der Waals surface area contributed by atoms with Crippen LogP contribution in [0.15, 0.2) is 54.6 Å². The quantitative estimate of drug-likeness (QED) is 0.413. The number of nitrogens with one attached hydrogen (secondary N) is 2. The van der Waals surface area contributed by atoms with E-state index in [1.807, 2.05) is 44.2 Å². The van der Waals surface area contributed by atoms with Crippen molar-refractivity contribution >= 4 is 46.8 Å². The fraction of sp³-hybridized carbons (Fsp3) is 0.500. The summed E-state index contributed by atoms with van der Waals surface area (Å²) in [6.07, 6.45) is 2.13. The summed E-state index contributed by atoms with van der Waals surface area (Å²) in [6.45, 7) is 6.19. The summed E-state index contributed by atoms with van der Waals surface area (Å²) in [5.74, 6) is -1.89. The molecule has 9 heteroatoms. The molecule has 0 aliphatic carbocycles. The maximum atomic E-state index is 14.4. The van der Waals surface area contributed by atoms with Crippen LogP contribution in [0.1, 0.15) is 45.6 Å². The van der Waals surface area contributed by atoms with Crippen LogP contribution in [-0.2, 0) is 20.9 Å². The summed E-state index contributed by atoms with van der Waals surface area (Å²) in [5.41, 5.74) is 1.57. The molecular formula is C30H36ClN3O4S. The Kier molecular flexibility index (Phi) is 7.74. The van der Waals surface area contributed by atoms with Gasteiger partial charge in [0.2, 0.25) is 17.7 Å². The molecule has 3 heterocycles. The van der Waals surface area contributed by atoms with E-state index < -0.39 is 33.4 Å². The van der Waals surface area contributed by atoms with Gasteiger partial charge in [-0.25, -0.2) is 0 Å². The summed E-state index contributed by atoms with van der Waals surface area (Å²) in [4.78, 5) is 43.8. The average Bonchev–Trinajstić information content (AvgIpc) is 3.50. The van der Waals surface area contributed by atoms with Gasteiger partial charge in [-0.1, -0.05) is 62.2 Å². The molecular weight excluding hydrogens is 534 g/mol. The molecule has 3 aliphatic heterocycles. The number of hydrogen-bond acceptors (Lipinski definition) is 5. The lowest BCUT2D eigenvalue weighted by Crippen LogP contribution is -2.56. The van der Waals surface area contributed by atoms with Gasteiger partial charge in [-0.15, -0.1) is 11.8 Å². The summed E-state index contributed by atoms with van der Waals surface area (Å²) >= 11 is 7.67. The van der Waals surface area contributed by atoms with Gasteiger partial charge in [0.15, 0.2) is 0 Å². The molecule has 3 aliphatic rings. The molecule has 208 valence electrons. The summed E-state index contributed by atoms with van der Waals surface area (Å²) in [7, 11) is 0. The lowest BCUT2D eigenvalue weighted by molar-refractivity contribution is -0.143. The van der Waals surface area contributed by atoms with Gasteiger partial charge >= 0.3 is 0 Å². The van der Waals surface area contributed by atoms with Crippen molar-refractivity contribution in [3.8, 4) is 0 Å². The summed E-state index contributed by atoms with van der Waals surface area (Å²) in [6, 6.07) is 15.2. The van der Waals surface area contributed by atoms with Crippen molar-refractivity contribution in [1.82, 2.24) is 10.2 Å². The smallest absolute Gasteiger partial charge is 0.248 e. The molecule has 1 spiro atoms. The van der Waals surface area contributed by atoms with E-state index in [9.17, 15) is 19.5 Å². The number of fused-ring (bicyclic) bond motifs is 1. The molecule has 3 N–H and O–H groups in total. The third kappa shape index (κ3) is 4.74. The van der Waals surface area contributed by atoms with E-state index in [1.165, 1.54) is 0 Å². The second-order valence-corrected chi connectivity index (χ2v) is 13.6. The van der Waals surface area contributed by atoms with Gasteiger partial charge < -0.3 is 20.6 Å². The van der Waals surface area contributed by atoms with Crippen LogP contribution in [-0.4, -0.2) is 55.9 Å². The van der Waals surface area contributed by atoms with Gasteiger partial charge in [0, 0.05) is 22.0 Å². The predicted octanol–water partition coefficient (Wildman–Crippen LogP) is 4.48. The maximum Gasteiger partial charge on any atom is 0.248 e. The Morgan fingerprint density at radius 2 is 1.82 bits per heavy atom. The molecule has 0 aromatic heterocycles. The van der Waals surface area contributed by atoms with Crippen molar-refractivity contribution in [2.45, 2.75) is 68.2 Å². The number of nitrogens with zero attached hydrogens (tertiary/aromatic N) is 1. The van der Waals surface area contributed by atoms with Crippen LogP contribution < -0.4 is 10.6 Å². The topological polar surface area (TPSA) is 98.7 Å². The minimum Gasteiger partial charge on any atom is -0.394 e. The van der Waals surface area contributed by atoms with Crippen molar-refractivity contribution in [3.05, 3.63) is 65.2 Å². The van der Waals surface area contributed by atoms with Crippen molar-refractivity contribution in [2.24, 2.45) is 17.8 Å². The Morgan fingerprint density at radius 1 is 1.13 bits per heavy atom. The first-order chi connectivity index (χ1) is 18.6. The second kappa shape index (κ2) is 10.8. The first kappa shape index (κ1) is 28.0. The highest BCUT2D eigenvalue weighted by atomic mass is 35.5. The van der Waals surface area contributed by atoms with Crippen LogP contribution in [0, 0.1) is 17.8 Å². The Labute approximate surface area is 239 Å². The number of aliphatic hydroxyl groups is 1. The fourth-order valence-electron chi connectivity index (χ4n) is 6.87. The van der Waals surface area contributed by atoms with Crippen molar-refractivity contribution in [2.75, 3.05) is 11.9 Å². The number of rotatable bonds is 9. The zero-order chi connectivity index (χ0) is 27.9. The van der Waals surface area contributed by atoms with E-state index in [2.05, 4.69) is 17.6 Å². The first-order valence-corrected chi connectivity index (χ1v) is 14.9. The summed E-state index contributed by atoms with van der Waals surface area (Å²) < 4.78 is -1.21. The van der Waals surface area contributed by atoms with E-state index >= 15 is 0 Å². The molecule has 3 amide bonds. The number of halogens is 1. The fourth-order valence-corrected chi connectivity index (χ4v) is 9.34. The number of benzene rings is 2. The molecule has 2 bridgehead atoms. The minimum atomic E-state index is -0.810. The van der Waals surface area contributed by atoms with Crippen LogP contribution >= 0.6 is 23.4 Å². The highest BCUT2D eigenvalue weighted by Crippen LogP contribution is 2.71. The third-order valence-corrected chi connectivity index (χ3v) is 11.2. The largest absolute Gasteiger partial charge is 0.394 e. The molecule has 2 aromatic rings. The number of carbonyl (C=O) groups is 3. The van der Waals surface area contributed by atoms with E-state index in [0.29, 0.717) is 23.7 Å². The Bertz CT molecular complexity index is 1240. The molecule has 0 radical (unpaired) electrons. The van der Waals surface area contributed by atoms with Crippen LogP contribution in [0.2, 0.25) is 5.02 Å². The third-order valence-electron chi connectivity index (χ3n) is 9.01. The van der Waals surface area contributed by atoms with Gasteiger partial charge in [0.1, 0.15) is 6.04 Å². The van der Waals surface area contributed by atoms with E-state index in [1.54, 1.807) is 40.9 Å². The Hall–Kier alpha value is -2.55. The number of amides is 3. The van der Waals surface area contributed by atoms with Gasteiger partial charge in [0.05, 0.1) is 29.2 Å². The SMILES string of the molecule is CC[C@H](C)[C@H](CO)N1C(=O)[C@@H]2[C@H](C(=O)NCc3ccccc3)[C@]3(C)CCC2(S3)C1C(=O)Nc1ccc(Cl)cc1. The lowest BCUT2D eigenvalue weighted by Gasteiger charge is -2.39. The minimum absolute atomic E-state index is 0.0249. The first-order valence-electron chi connectivity index (χ1n) is 13.7. The van der Waals surface area contributed by atoms with E-state index in [4.69, 9.17) is 11.6 Å². The van der Waals surface area contributed by atoms with Crippen LogP contribution in [0.4, 0.5) is 5.69 Å². The molecule has 7 atom stereocenters.